The number of rotatable bonds is 8. The first kappa shape index (κ1) is 28.2. The molecule has 0 aliphatic heterocycles. The van der Waals surface area contributed by atoms with Gasteiger partial charge >= 0.3 is 0 Å². The number of amides is 1. The van der Waals surface area contributed by atoms with Crippen molar-refractivity contribution in [3.63, 3.8) is 0 Å². The predicted octanol–water partition coefficient (Wildman–Crippen LogP) is 6.35. The minimum Gasteiger partial charge on any atom is -0.316 e. The molecule has 0 fully saturated rings. The highest BCUT2D eigenvalue weighted by Gasteiger charge is 2.27. The summed E-state index contributed by atoms with van der Waals surface area (Å²) in [5.74, 6) is -0.592. The number of anilines is 1. The summed E-state index contributed by atoms with van der Waals surface area (Å²) in [4.78, 5) is 12.9. The van der Waals surface area contributed by atoms with Gasteiger partial charge in [0.1, 0.15) is 6.54 Å². The molecule has 0 bridgehead atoms. The van der Waals surface area contributed by atoms with Crippen molar-refractivity contribution in [3.05, 3.63) is 109 Å². The monoisotopic (exact) mass is 680 g/mol. The van der Waals surface area contributed by atoms with Crippen LogP contribution in [0.3, 0.4) is 0 Å². The molecule has 196 valence electrons. The summed E-state index contributed by atoms with van der Waals surface area (Å²) in [6.45, 7) is 3.37. The highest BCUT2D eigenvalue weighted by molar-refractivity contribution is 14.1. The quantitative estimate of drug-likeness (QED) is 0.134. The summed E-state index contributed by atoms with van der Waals surface area (Å²) in [5.41, 5.74) is 6.05. The van der Waals surface area contributed by atoms with Crippen molar-refractivity contribution in [2.24, 2.45) is 5.10 Å². The summed E-state index contributed by atoms with van der Waals surface area (Å²) < 4.78 is 30.8. The van der Waals surface area contributed by atoms with Crippen LogP contribution in [0.2, 0.25) is 10.0 Å². The standard InChI is InChI=1S/C27H23Cl2IN4O3S/c1-18-15-20(19(2)34(18)25-10-6-9-24(28)27(25)29)16-31-32-26(35)17-33(22-13-11-21(30)12-14-22)38(36,37)23-7-4-3-5-8-23/h3-16H,17H2,1-2H3,(H,32,35)/b31-16-. The smallest absolute Gasteiger partial charge is 0.264 e. The lowest BCUT2D eigenvalue weighted by atomic mass is 10.2. The number of nitrogens with zero attached hydrogens (tertiary/aromatic N) is 3. The molecule has 0 aliphatic carbocycles. The first-order valence-corrected chi connectivity index (χ1v) is 14.7. The molecule has 0 saturated carbocycles. The summed E-state index contributed by atoms with van der Waals surface area (Å²) in [6, 6.07) is 22.2. The molecule has 0 unspecified atom stereocenters. The molecule has 0 aliphatic rings. The van der Waals surface area contributed by atoms with Gasteiger partial charge < -0.3 is 4.57 Å². The molecule has 1 amide bonds. The Labute approximate surface area is 245 Å². The number of carbonyl (C=O) groups excluding carboxylic acids is 1. The topological polar surface area (TPSA) is 83.8 Å². The maximum atomic E-state index is 13.4. The second kappa shape index (κ2) is 11.9. The summed E-state index contributed by atoms with van der Waals surface area (Å²) >= 11 is 14.7. The van der Waals surface area contributed by atoms with Gasteiger partial charge in [-0.2, -0.15) is 5.10 Å². The molecule has 0 radical (unpaired) electrons. The molecule has 38 heavy (non-hydrogen) atoms. The van der Waals surface area contributed by atoms with E-state index >= 15 is 0 Å². The fourth-order valence-corrected chi connectivity index (χ4v) is 6.12. The van der Waals surface area contributed by atoms with Crippen LogP contribution in [0.15, 0.2) is 88.9 Å². The Morgan fingerprint density at radius 3 is 2.39 bits per heavy atom. The predicted molar refractivity (Wildman–Crippen MR) is 161 cm³/mol. The zero-order chi connectivity index (χ0) is 27.4. The van der Waals surface area contributed by atoms with E-state index in [1.54, 1.807) is 48.5 Å². The first-order valence-electron chi connectivity index (χ1n) is 11.4. The number of hydrogen-bond acceptors (Lipinski definition) is 4. The van der Waals surface area contributed by atoms with Crippen LogP contribution in [0, 0.1) is 17.4 Å². The number of aromatic nitrogens is 1. The second-order valence-corrected chi connectivity index (χ2v) is 12.2. The van der Waals surface area contributed by atoms with E-state index in [0.29, 0.717) is 15.7 Å². The summed E-state index contributed by atoms with van der Waals surface area (Å²) in [6.07, 6.45) is 1.51. The minimum atomic E-state index is -3.99. The number of benzene rings is 3. The fraction of sp³-hybridized carbons (Fsp3) is 0.111. The maximum Gasteiger partial charge on any atom is 0.264 e. The molecule has 0 atom stereocenters. The van der Waals surface area contributed by atoms with Crippen molar-refractivity contribution < 1.29 is 13.2 Å². The van der Waals surface area contributed by atoms with Crippen LogP contribution >= 0.6 is 45.8 Å². The van der Waals surface area contributed by atoms with Gasteiger partial charge in [0.05, 0.1) is 32.5 Å². The van der Waals surface area contributed by atoms with Crippen molar-refractivity contribution in [3.8, 4) is 5.69 Å². The molecule has 1 N–H and O–H groups in total. The van der Waals surface area contributed by atoms with Crippen LogP contribution in [0.1, 0.15) is 17.0 Å². The summed E-state index contributed by atoms with van der Waals surface area (Å²) in [7, 11) is -3.99. The summed E-state index contributed by atoms with van der Waals surface area (Å²) in [5, 5.41) is 4.97. The van der Waals surface area contributed by atoms with Crippen molar-refractivity contribution in [1.29, 1.82) is 0 Å². The Kier molecular flexibility index (Phi) is 8.81. The van der Waals surface area contributed by atoms with E-state index in [1.165, 1.54) is 18.3 Å². The largest absolute Gasteiger partial charge is 0.316 e. The maximum absolute atomic E-state index is 13.4. The van der Waals surface area contributed by atoms with Crippen LogP contribution in [0.25, 0.3) is 5.69 Å². The molecule has 3 aromatic carbocycles. The average Bonchev–Trinajstić information content (AvgIpc) is 3.18. The van der Waals surface area contributed by atoms with E-state index in [2.05, 4.69) is 33.1 Å². The molecule has 7 nitrogen and oxygen atoms in total. The van der Waals surface area contributed by atoms with Crippen molar-refractivity contribution in [2.75, 3.05) is 10.8 Å². The van der Waals surface area contributed by atoms with Crippen molar-refractivity contribution >= 4 is 73.6 Å². The van der Waals surface area contributed by atoms with E-state index in [0.717, 1.165) is 30.5 Å². The Balaban J connectivity index is 1.56. The van der Waals surface area contributed by atoms with Crippen LogP contribution in [0.4, 0.5) is 5.69 Å². The number of carbonyl (C=O) groups is 1. The molecule has 1 aromatic heterocycles. The molecule has 4 rings (SSSR count). The normalized spacial score (nSPS) is 11.6. The van der Waals surface area contributed by atoms with Crippen molar-refractivity contribution in [2.45, 2.75) is 18.7 Å². The third-order valence-corrected chi connectivity index (χ3v) is 9.08. The number of nitrogens with one attached hydrogen (secondary N) is 1. The lowest BCUT2D eigenvalue weighted by Gasteiger charge is -2.23. The van der Waals surface area contributed by atoms with Gasteiger partial charge in [0.25, 0.3) is 15.9 Å². The third kappa shape index (κ3) is 6.06. The number of hydrogen-bond donors (Lipinski definition) is 1. The van der Waals surface area contributed by atoms with Gasteiger partial charge in [-0.3, -0.25) is 9.10 Å². The van der Waals surface area contributed by atoms with E-state index in [-0.39, 0.29) is 4.90 Å². The van der Waals surface area contributed by atoms with Crippen LogP contribution < -0.4 is 9.73 Å². The molecule has 0 saturated heterocycles. The van der Waals surface area contributed by atoms with Gasteiger partial charge in [-0.15, -0.1) is 0 Å². The van der Waals surface area contributed by atoms with E-state index in [9.17, 15) is 13.2 Å². The Morgan fingerprint density at radius 2 is 1.71 bits per heavy atom. The lowest BCUT2D eigenvalue weighted by molar-refractivity contribution is -0.119. The molecular formula is C27H23Cl2IN4O3S. The lowest BCUT2D eigenvalue weighted by Crippen LogP contribution is -2.39. The van der Waals surface area contributed by atoms with Crippen molar-refractivity contribution in [1.82, 2.24) is 9.99 Å². The first-order chi connectivity index (χ1) is 18.1. The highest BCUT2D eigenvalue weighted by Crippen LogP contribution is 2.31. The fourth-order valence-electron chi connectivity index (χ4n) is 3.94. The zero-order valence-corrected chi connectivity index (χ0v) is 24.9. The number of halogens is 3. The second-order valence-electron chi connectivity index (χ2n) is 8.33. The van der Waals surface area contributed by atoms with Crippen LogP contribution in [-0.2, 0) is 14.8 Å². The van der Waals surface area contributed by atoms with Gasteiger partial charge in [0, 0.05) is 20.5 Å². The van der Waals surface area contributed by atoms with Gasteiger partial charge in [-0.1, -0.05) is 47.5 Å². The molecule has 11 heteroatoms. The number of sulfonamides is 1. The minimum absolute atomic E-state index is 0.0852. The SMILES string of the molecule is Cc1cc(/C=N\NC(=O)CN(c2ccc(I)cc2)S(=O)(=O)c2ccccc2)c(C)n1-c1cccc(Cl)c1Cl. The van der Waals surface area contributed by atoms with Gasteiger partial charge in [-0.25, -0.2) is 13.8 Å². The molecule has 1 heterocycles. The Hall–Kier alpha value is -2.86. The van der Waals surface area contributed by atoms with E-state index in [4.69, 9.17) is 23.2 Å². The van der Waals surface area contributed by atoms with Crippen LogP contribution in [0.5, 0.6) is 0 Å². The number of aryl methyl sites for hydroxylation is 1. The van der Waals surface area contributed by atoms with Gasteiger partial charge in [0.15, 0.2) is 0 Å². The zero-order valence-electron chi connectivity index (χ0n) is 20.4. The average molecular weight is 681 g/mol. The third-order valence-electron chi connectivity index (χ3n) is 5.77. The van der Waals surface area contributed by atoms with Gasteiger partial charge in [-0.05, 0) is 91.0 Å². The Morgan fingerprint density at radius 1 is 1.03 bits per heavy atom. The number of hydrazone groups is 1. The van der Waals surface area contributed by atoms with E-state index in [1.807, 2.05) is 36.6 Å². The van der Waals surface area contributed by atoms with Crippen LogP contribution in [-0.4, -0.2) is 31.7 Å². The molecular weight excluding hydrogens is 658 g/mol. The molecule has 0 spiro atoms. The highest BCUT2D eigenvalue weighted by atomic mass is 127. The van der Waals surface area contributed by atoms with E-state index < -0.39 is 22.5 Å². The van der Waals surface area contributed by atoms with Gasteiger partial charge in [0.2, 0.25) is 0 Å². The molecule has 4 aromatic rings. The Bertz CT molecular complexity index is 1610.